The van der Waals surface area contributed by atoms with Gasteiger partial charge in [0.25, 0.3) is 5.78 Å². The van der Waals surface area contributed by atoms with Gasteiger partial charge in [0.05, 0.1) is 12.8 Å². The molecule has 0 aromatic carbocycles. The molecule has 8 nitrogen and oxygen atoms in total. The molecule has 0 spiro atoms. The van der Waals surface area contributed by atoms with E-state index in [1.54, 1.807) is 31.5 Å². The second-order valence-corrected chi connectivity index (χ2v) is 4.10. The number of hydrogen-bond donors (Lipinski definition) is 1. The van der Waals surface area contributed by atoms with Crippen LogP contribution in [0.15, 0.2) is 30.7 Å². The number of carbonyl (C=O) groups is 1. The number of aromatic nitrogens is 5. The number of pyridine rings is 1. The zero-order valence-electron chi connectivity index (χ0n) is 11.1. The zero-order valence-corrected chi connectivity index (χ0v) is 11.1. The molecule has 21 heavy (non-hydrogen) atoms. The topological polar surface area (TPSA) is 102 Å². The van der Waals surface area contributed by atoms with Crippen molar-refractivity contribution >= 4 is 11.7 Å². The van der Waals surface area contributed by atoms with Gasteiger partial charge in [0.2, 0.25) is 5.88 Å². The van der Waals surface area contributed by atoms with Crippen LogP contribution in [-0.2, 0) is 4.74 Å². The van der Waals surface area contributed by atoms with Gasteiger partial charge in [-0.25, -0.2) is 9.78 Å². The van der Waals surface area contributed by atoms with Crippen LogP contribution in [0, 0.1) is 0 Å². The molecule has 3 aromatic heterocycles. The van der Waals surface area contributed by atoms with Gasteiger partial charge in [0.1, 0.15) is 5.56 Å². The van der Waals surface area contributed by atoms with Crippen LogP contribution >= 0.6 is 0 Å². The molecule has 0 aliphatic heterocycles. The van der Waals surface area contributed by atoms with Crippen LogP contribution in [0.2, 0.25) is 0 Å². The van der Waals surface area contributed by atoms with Gasteiger partial charge in [-0.3, -0.25) is 4.98 Å². The van der Waals surface area contributed by atoms with Crippen LogP contribution in [-0.4, -0.2) is 42.2 Å². The molecule has 0 saturated heterocycles. The molecule has 0 aliphatic carbocycles. The molecule has 0 amide bonds. The van der Waals surface area contributed by atoms with E-state index in [1.165, 1.54) is 6.20 Å². The van der Waals surface area contributed by atoms with Gasteiger partial charge in [0.15, 0.2) is 5.82 Å². The smallest absolute Gasteiger partial charge is 0.345 e. The predicted octanol–water partition coefficient (Wildman–Crippen LogP) is 1.07. The van der Waals surface area contributed by atoms with Crippen LogP contribution in [0.4, 0.5) is 0 Å². The Bertz CT molecular complexity index is 800. The first-order chi connectivity index (χ1) is 10.2. The number of nitrogens with zero attached hydrogens (tertiary/aromatic N) is 5. The zero-order chi connectivity index (χ0) is 14.8. The number of esters is 1. The van der Waals surface area contributed by atoms with E-state index < -0.39 is 5.97 Å². The largest absolute Gasteiger partial charge is 0.493 e. The maximum atomic E-state index is 11.7. The minimum Gasteiger partial charge on any atom is -0.493 e. The van der Waals surface area contributed by atoms with Crippen molar-refractivity contribution in [2.75, 3.05) is 6.61 Å². The number of aromatic hydroxyl groups is 1. The number of fused-ring (bicyclic) bond motifs is 1. The summed E-state index contributed by atoms with van der Waals surface area (Å²) in [5.41, 5.74) is 0.670. The number of hydrogen-bond acceptors (Lipinski definition) is 7. The quantitative estimate of drug-likeness (QED) is 0.718. The first-order valence-electron chi connectivity index (χ1n) is 6.23. The molecule has 8 heteroatoms. The molecule has 0 atom stereocenters. The average molecular weight is 285 g/mol. The molecular formula is C13H11N5O3. The van der Waals surface area contributed by atoms with Gasteiger partial charge in [-0.1, -0.05) is 0 Å². The van der Waals surface area contributed by atoms with Gasteiger partial charge >= 0.3 is 5.97 Å². The summed E-state index contributed by atoms with van der Waals surface area (Å²) in [4.78, 5) is 23.8. The third kappa shape index (κ3) is 2.27. The SMILES string of the molecule is CCOC(=O)c1cnc2nc(-c3ccncc3)nn2c1O. The number of rotatable bonds is 3. The third-order valence-corrected chi connectivity index (χ3v) is 2.77. The summed E-state index contributed by atoms with van der Waals surface area (Å²) in [5.74, 6) is -0.454. The average Bonchev–Trinajstić information content (AvgIpc) is 2.94. The van der Waals surface area contributed by atoms with Crippen molar-refractivity contribution in [2.24, 2.45) is 0 Å². The summed E-state index contributed by atoms with van der Waals surface area (Å²) in [7, 11) is 0. The summed E-state index contributed by atoms with van der Waals surface area (Å²) in [6.07, 6.45) is 4.43. The van der Waals surface area contributed by atoms with E-state index in [9.17, 15) is 9.90 Å². The standard InChI is InChI=1S/C13H11N5O3/c1-2-21-12(20)9-7-15-13-16-10(17-18(13)11(9)19)8-3-5-14-6-4-8/h3-7,19H,2H2,1H3. The Hall–Kier alpha value is -3.03. The molecule has 3 rings (SSSR count). The van der Waals surface area contributed by atoms with Crippen molar-refractivity contribution in [3.63, 3.8) is 0 Å². The minimum atomic E-state index is -0.662. The highest BCUT2D eigenvalue weighted by Gasteiger charge is 2.18. The minimum absolute atomic E-state index is 0.0597. The van der Waals surface area contributed by atoms with Crippen molar-refractivity contribution in [2.45, 2.75) is 6.92 Å². The molecule has 0 bridgehead atoms. The van der Waals surface area contributed by atoms with Crippen molar-refractivity contribution in [1.29, 1.82) is 0 Å². The van der Waals surface area contributed by atoms with Crippen LogP contribution in [0.5, 0.6) is 5.88 Å². The van der Waals surface area contributed by atoms with Crippen LogP contribution < -0.4 is 0 Å². The second kappa shape index (κ2) is 5.16. The molecule has 3 heterocycles. The molecular weight excluding hydrogens is 274 g/mol. The lowest BCUT2D eigenvalue weighted by molar-refractivity contribution is 0.0521. The number of carbonyl (C=O) groups excluding carboxylic acids is 1. The van der Waals surface area contributed by atoms with Crippen molar-refractivity contribution < 1.29 is 14.6 Å². The lowest BCUT2D eigenvalue weighted by Crippen LogP contribution is -2.08. The lowest BCUT2D eigenvalue weighted by Gasteiger charge is -2.03. The second-order valence-electron chi connectivity index (χ2n) is 4.10. The van der Waals surface area contributed by atoms with Gasteiger partial charge < -0.3 is 9.84 Å². The maximum Gasteiger partial charge on any atom is 0.345 e. The summed E-state index contributed by atoms with van der Waals surface area (Å²) in [6, 6.07) is 3.47. The van der Waals surface area contributed by atoms with Crippen molar-refractivity contribution in [3.05, 3.63) is 36.3 Å². The third-order valence-electron chi connectivity index (χ3n) is 2.77. The highest BCUT2D eigenvalue weighted by Crippen LogP contribution is 2.20. The first kappa shape index (κ1) is 13.0. The summed E-state index contributed by atoms with van der Waals surface area (Å²) < 4.78 is 5.94. The lowest BCUT2D eigenvalue weighted by atomic mass is 10.3. The van der Waals surface area contributed by atoms with Crippen molar-refractivity contribution in [3.8, 4) is 17.3 Å². The molecule has 0 saturated carbocycles. The Morgan fingerprint density at radius 1 is 1.38 bits per heavy atom. The van der Waals surface area contributed by atoms with E-state index in [2.05, 4.69) is 20.1 Å². The van der Waals surface area contributed by atoms with Crippen LogP contribution in [0.1, 0.15) is 17.3 Å². The fraction of sp³-hybridized carbons (Fsp3) is 0.154. The maximum absolute atomic E-state index is 11.7. The molecule has 3 aromatic rings. The summed E-state index contributed by atoms with van der Waals surface area (Å²) in [5, 5.41) is 14.3. The Labute approximate surface area is 119 Å². The molecule has 1 N–H and O–H groups in total. The van der Waals surface area contributed by atoms with Gasteiger partial charge in [-0.05, 0) is 19.1 Å². The van der Waals surface area contributed by atoms with E-state index in [-0.39, 0.29) is 23.8 Å². The van der Waals surface area contributed by atoms with Crippen molar-refractivity contribution in [1.82, 2.24) is 24.6 Å². The molecule has 0 aliphatic rings. The summed E-state index contributed by atoms with van der Waals surface area (Å²) >= 11 is 0. The Balaban J connectivity index is 2.10. The van der Waals surface area contributed by atoms with E-state index in [0.717, 1.165) is 10.1 Å². The fourth-order valence-electron chi connectivity index (χ4n) is 1.80. The van der Waals surface area contributed by atoms with E-state index in [0.29, 0.717) is 5.82 Å². The molecule has 0 unspecified atom stereocenters. The highest BCUT2D eigenvalue weighted by molar-refractivity contribution is 5.91. The molecule has 0 fully saturated rings. The summed E-state index contributed by atoms with van der Waals surface area (Å²) in [6.45, 7) is 1.88. The van der Waals surface area contributed by atoms with Crippen LogP contribution in [0.25, 0.3) is 17.2 Å². The van der Waals surface area contributed by atoms with E-state index in [4.69, 9.17) is 4.74 Å². The first-order valence-corrected chi connectivity index (χ1v) is 6.23. The highest BCUT2D eigenvalue weighted by atomic mass is 16.5. The Morgan fingerprint density at radius 2 is 2.14 bits per heavy atom. The Morgan fingerprint density at radius 3 is 2.86 bits per heavy atom. The van der Waals surface area contributed by atoms with Gasteiger partial charge in [0, 0.05) is 18.0 Å². The van der Waals surface area contributed by atoms with Gasteiger partial charge in [-0.15, -0.1) is 5.10 Å². The number of ether oxygens (including phenoxy) is 1. The predicted molar refractivity (Wildman–Crippen MR) is 71.6 cm³/mol. The fourth-order valence-corrected chi connectivity index (χ4v) is 1.80. The monoisotopic (exact) mass is 285 g/mol. The Kier molecular flexibility index (Phi) is 3.19. The van der Waals surface area contributed by atoms with Crippen LogP contribution in [0.3, 0.4) is 0 Å². The van der Waals surface area contributed by atoms with E-state index >= 15 is 0 Å². The normalized spacial score (nSPS) is 10.7. The molecule has 0 radical (unpaired) electrons. The van der Waals surface area contributed by atoms with E-state index in [1.807, 2.05) is 0 Å². The molecule has 106 valence electrons. The van der Waals surface area contributed by atoms with Gasteiger partial charge in [-0.2, -0.15) is 9.50 Å².